The van der Waals surface area contributed by atoms with Crippen LogP contribution in [0.5, 0.6) is 0 Å². The molecule has 2 fully saturated rings. The maximum atomic E-state index is 13.4. The second-order valence-corrected chi connectivity index (χ2v) is 9.55. The molecular formula is C25H37F3N2O3. The van der Waals surface area contributed by atoms with Gasteiger partial charge in [-0.1, -0.05) is 50.8 Å². The quantitative estimate of drug-likeness (QED) is 0.494. The molecule has 1 heterocycles. The van der Waals surface area contributed by atoms with E-state index in [9.17, 15) is 23.1 Å². The highest BCUT2D eigenvalue weighted by Crippen LogP contribution is 2.42. The number of benzene rings is 1. The van der Waals surface area contributed by atoms with Crippen molar-refractivity contribution in [3.63, 3.8) is 0 Å². The van der Waals surface area contributed by atoms with E-state index in [0.717, 1.165) is 51.0 Å². The van der Waals surface area contributed by atoms with Gasteiger partial charge >= 0.3 is 12.3 Å². The number of piperidine rings is 1. The minimum atomic E-state index is -4.41. The summed E-state index contributed by atoms with van der Waals surface area (Å²) < 4.78 is 45.2. The Balaban J connectivity index is 1.65. The molecule has 1 aromatic rings. The van der Waals surface area contributed by atoms with Crippen LogP contribution >= 0.6 is 0 Å². The van der Waals surface area contributed by atoms with Crippen molar-refractivity contribution >= 4 is 6.09 Å². The summed E-state index contributed by atoms with van der Waals surface area (Å²) in [6.45, 7) is 4.38. The van der Waals surface area contributed by atoms with Crippen LogP contribution in [0.3, 0.4) is 0 Å². The van der Waals surface area contributed by atoms with E-state index in [0.29, 0.717) is 44.6 Å². The SMILES string of the molecule is CCCCOC(=O)NC1CCN(CC(c2cccc(C(F)(F)F)c2)C2(O)CCCCC2)CC1. The number of alkyl halides is 3. The Labute approximate surface area is 194 Å². The van der Waals surface area contributed by atoms with Gasteiger partial charge < -0.3 is 20.1 Å². The van der Waals surface area contributed by atoms with Crippen LogP contribution in [0.25, 0.3) is 0 Å². The van der Waals surface area contributed by atoms with Crippen molar-refractivity contribution in [1.29, 1.82) is 0 Å². The molecule has 33 heavy (non-hydrogen) atoms. The van der Waals surface area contributed by atoms with Gasteiger partial charge in [-0.2, -0.15) is 13.2 Å². The number of likely N-dealkylation sites (tertiary alicyclic amines) is 1. The second-order valence-electron chi connectivity index (χ2n) is 9.55. The first-order chi connectivity index (χ1) is 15.7. The van der Waals surface area contributed by atoms with Crippen LogP contribution in [-0.2, 0) is 10.9 Å². The van der Waals surface area contributed by atoms with Crippen LogP contribution in [0.2, 0.25) is 0 Å². The highest BCUT2D eigenvalue weighted by Gasteiger charge is 2.41. The Morgan fingerprint density at radius 2 is 1.94 bits per heavy atom. The summed E-state index contributed by atoms with van der Waals surface area (Å²) in [5.74, 6) is -0.386. The van der Waals surface area contributed by atoms with Crippen LogP contribution < -0.4 is 5.32 Å². The topological polar surface area (TPSA) is 61.8 Å². The Morgan fingerprint density at radius 1 is 1.24 bits per heavy atom. The number of carbonyl (C=O) groups excluding carboxylic acids is 1. The zero-order valence-corrected chi connectivity index (χ0v) is 19.5. The molecule has 0 bridgehead atoms. The summed E-state index contributed by atoms with van der Waals surface area (Å²) in [6.07, 6.45) is 2.53. The normalized spacial score (nSPS) is 20.9. The number of carbonyl (C=O) groups is 1. The third-order valence-electron chi connectivity index (χ3n) is 7.07. The third kappa shape index (κ3) is 7.34. The first kappa shape index (κ1) is 25.8. The van der Waals surface area contributed by atoms with Gasteiger partial charge in [-0.25, -0.2) is 4.79 Å². The van der Waals surface area contributed by atoms with Crippen molar-refractivity contribution in [1.82, 2.24) is 10.2 Å². The smallest absolute Gasteiger partial charge is 0.416 e. The Bertz CT molecular complexity index is 758. The van der Waals surface area contributed by atoms with E-state index in [-0.39, 0.29) is 18.1 Å². The predicted octanol–water partition coefficient (Wildman–Crippen LogP) is 5.47. The maximum absolute atomic E-state index is 13.4. The molecule has 0 spiro atoms. The average molecular weight is 471 g/mol. The Kier molecular flexibility index (Phi) is 9.04. The maximum Gasteiger partial charge on any atom is 0.416 e. The van der Waals surface area contributed by atoms with Crippen molar-refractivity contribution < 1.29 is 27.8 Å². The molecule has 0 aromatic heterocycles. The van der Waals surface area contributed by atoms with E-state index in [1.807, 2.05) is 6.92 Å². The van der Waals surface area contributed by atoms with E-state index in [4.69, 9.17) is 4.74 Å². The molecule has 1 aliphatic heterocycles. The second kappa shape index (κ2) is 11.6. The molecular weight excluding hydrogens is 433 g/mol. The zero-order chi connectivity index (χ0) is 23.9. The monoisotopic (exact) mass is 470 g/mol. The van der Waals surface area contributed by atoms with E-state index in [2.05, 4.69) is 10.2 Å². The first-order valence-electron chi connectivity index (χ1n) is 12.3. The van der Waals surface area contributed by atoms with Gasteiger partial charge in [0.15, 0.2) is 0 Å². The minimum Gasteiger partial charge on any atom is -0.450 e. The van der Waals surface area contributed by atoms with Crippen LogP contribution in [0.4, 0.5) is 18.0 Å². The van der Waals surface area contributed by atoms with Crippen LogP contribution in [0, 0.1) is 0 Å². The van der Waals surface area contributed by atoms with E-state index >= 15 is 0 Å². The molecule has 1 saturated heterocycles. The van der Waals surface area contributed by atoms with E-state index in [1.165, 1.54) is 12.1 Å². The van der Waals surface area contributed by atoms with Crippen LogP contribution in [0.15, 0.2) is 24.3 Å². The molecule has 1 amide bonds. The number of nitrogens with zero attached hydrogens (tertiary/aromatic N) is 1. The molecule has 1 atom stereocenters. The molecule has 1 aromatic carbocycles. The summed E-state index contributed by atoms with van der Waals surface area (Å²) in [6, 6.07) is 5.48. The highest BCUT2D eigenvalue weighted by atomic mass is 19.4. The van der Waals surface area contributed by atoms with Gasteiger partial charge in [0.1, 0.15) is 0 Å². The Morgan fingerprint density at radius 3 is 2.58 bits per heavy atom. The number of halogens is 3. The van der Waals surface area contributed by atoms with Gasteiger partial charge in [0.25, 0.3) is 0 Å². The van der Waals surface area contributed by atoms with Gasteiger partial charge in [0.05, 0.1) is 17.8 Å². The van der Waals surface area contributed by atoms with E-state index in [1.54, 1.807) is 6.07 Å². The zero-order valence-electron chi connectivity index (χ0n) is 19.5. The lowest BCUT2D eigenvalue weighted by atomic mass is 9.72. The molecule has 3 rings (SSSR count). The fourth-order valence-electron chi connectivity index (χ4n) is 5.07. The molecule has 5 nitrogen and oxygen atoms in total. The van der Waals surface area contributed by atoms with Crippen molar-refractivity contribution in [3.05, 3.63) is 35.4 Å². The highest BCUT2D eigenvalue weighted by molar-refractivity contribution is 5.67. The fourth-order valence-corrected chi connectivity index (χ4v) is 5.07. The number of ether oxygens (including phenoxy) is 1. The third-order valence-corrected chi connectivity index (χ3v) is 7.07. The standard InChI is InChI=1S/C25H37F3N2O3/c1-2-3-16-33-23(31)29-21-10-14-30(15-11-21)18-22(24(32)12-5-4-6-13-24)19-8-7-9-20(17-19)25(26,27)28/h7-9,17,21-22,32H,2-6,10-16,18H2,1H3,(H,29,31). The molecule has 0 radical (unpaired) electrons. The number of hydrogen-bond acceptors (Lipinski definition) is 4. The molecule has 2 aliphatic rings. The summed E-state index contributed by atoms with van der Waals surface area (Å²) in [4.78, 5) is 14.1. The van der Waals surface area contributed by atoms with Gasteiger partial charge in [0, 0.05) is 31.6 Å². The average Bonchev–Trinajstić information content (AvgIpc) is 2.78. The van der Waals surface area contributed by atoms with Gasteiger partial charge in [-0.05, 0) is 43.7 Å². The largest absolute Gasteiger partial charge is 0.450 e. The number of aliphatic hydroxyl groups is 1. The number of alkyl carbamates (subject to hydrolysis) is 1. The molecule has 1 unspecified atom stereocenters. The summed E-state index contributed by atoms with van der Waals surface area (Å²) in [5, 5.41) is 14.4. The summed E-state index contributed by atoms with van der Waals surface area (Å²) in [7, 11) is 0. The van der Waals surface area contributed by atoms with Crippen molar-refractivity contribution in [2.75, 3.05) is 26.2 Å². The first-order valence-corrected chi connectivity index (χ1v) is 12.3. The Hall–Kier alpha value is -1.80. The number of nitrogens with one attached hydrogen (secondary N) is 1. The van der Waals surface area contributed by atoms with Crippen molar-refractivity contribution in [2.24, 2.45) is 0 Å². The van der Waals surface area contributed by atoms with Crippen molar-refractivity contribution in [2.45, 2.75) is 88.4 Å². The fraction of sp³-hybridized carbons (Fsp3) is 0.720. The lowest BCUT2D eigenvalue weighted by Gasteiger charge is -2.43. The number of unbranched alkanes of at least 4 members (excludes halogenated alkanes) is 1. The minimum absolute atomic E-state index is 0.0279. The van der Waals surface area contributed by atoms with Crippen LogP contribution in [0.1, 0.15) is 81.8 Å². The molecule has 186 valence electrons. The van der Waals surface area contributed by atoms with Gasteiger partial charge in [0.2, 0.25) is 0 Å². The van der Waals surface area contributed by atoms with Gasteiger partial charge in [-0.3, -0.25) is 0 Å². The summed E-state index contributed by atoms with van der Waals surface area (Å²) in [5.41, 5.74) is -1.12. The number of hydrogen-bond donors (Lipinski definition) is 2. The summed E-state index contributed by atoms with van der Waals surface area (Å²) >= 11 is 0. The predicted molar refractivity (Wildman–Crippen MR) is 121 cm³/mol. The van der Waals surface area contributed by atoms with Crippen molar-refractivity contribution in [3.8, 4) is 0 Å². The molecule has 2 N–H and O–H groups in total. The lowest BCUT2D eigenvalue weighted by molar-refractivity contribution is -0.137. The molecule has 8 heteroatoms. The lowest BCUT2D eigenvalue weighted by Crippen LogP contribution is -2.49. The van der Waals surface area contributed by atoms with Crippen LogP contribution in [-0.4, -0.2) is 54.0 Å². The molecule has 1 saturated carbocycles. The number of rotatable bonds is 8. The van der Waals surface area contributed by atoms with E-state index < -0.39 is 17.3 Å². The molecule has 1 aliphatic carbocycles. The van der Waals surface area contributed by atoms with Gasteiger partial charge in [-0.15, -0.1) is 0 Å². The number of amides is 1.